The van der Waals surface area contributed by atoms with Crippen LogP contribution in [0.5, 0.6) is 5.75 Å². The van der Waals surface area contributed by atoms with Crippen molar-refractivity contribution in [2.75, 3.05) is 7.05 Å². The summed E-state index contributed by atoms with van der Waals surface area (Å²) in [5, 5.41) is 4.66. The number of rotatable bonds is 3. The van der Waals surface area contributed by atoms with Gasteiger partial charge in [-0.15, -0.1) is 0 Å². The first-order valence-corrected chi connectivity index (χ1v) is 8.00. The maximum atomic E-state index is 6.35. The minimum absolute atomic E-state index is 0.360. The Kier molecular flexibility index (Phi) is 3.11. The predicted molar refractivity (Wildman–Crippen MR) is 84.5 cm³/mol. The molecule has 1 N–H and O–H groups in total. The molecule has 2 atom stereocenters. The summed E-state index contributed by atoms with van der Waals surface area (Å²) in [5.41, 5.74) is 1.38. The van der Waals surface area contributed by atoms with E-state index < -0.39 is 0 Å². The highest BCUT2D eigenvalue weighted by atomic mass is 16.5. The topological polar surface area (TPSA) is 34.1 Å². The third kappa shape index (κ3) is 2.03. The molecule has 0 saturated heterocycles. The number of benzene rings is 1. The Balaban J connectivity index is 1.57. The molecule has 110 valence electrons. The molecule has 3 heteroatoms. The molecule has 1 heterocycles. The van der Waals surface area contributed by atoms with Crippen LogP contribution in [0.2, 0.25) is 0 Å². The molecular formula is C18H22N2O. The molecule has 3 nitrogen and oxygen atoms in total. The van der Waals surface area contributed by atoms with Gasteiger partial charge in [0.1, 0.15) is 11.9 Å². The molecule has 0 bridgehead atoms. The molecule has 1 aromatic heterocycles. The van der Waals surface area contributed by atoms with E-state index in [0.29, 0.717) is 17.6 Å². The summed E-state index contributed by atoms with van der Waals surface area (Å²) < 4.78 is 6.35. The standard InChI is InChI=1S/C18H22N2O/c1-19-16-12-17(18(16)8-2-3-9-18)21-14-7-6-13-5-4-10-20-15(13)11-14/h4-7,10-11,16-17,19H,2-3,8-9,12H2,1H3. The zero-order valence-electron chi connectivity index (χ0n) is 12.5. The fraction of sp³-hybridized carbons (Fsp3) is 0.500. The maximum absolute atomic E-state index is 6.35. The van der Waals surface area contributed by atoms with Crippen LogP contribution in [0.3, 0.4) is 0 Å². The molecule has 2 aliphatic carbocycles. The maximum Gasteiger partial charge on any atom is 0.121 e. The van der Waals surface area contributed by atoms with Gasteiger partial charge in [-0.2, -0.15) is 0 Å². The smallest absolute Gasteiger partial charge is 0.121 e. The SMILES string of the molecule is CNC1CC(Oc2ccc3cccnc3c2)C12CCCC2. The molecule has 1 spiro atoms. The third-order valence-corrected chi connectivity index (χ3v) is 5.52. The van der Waals surface area contributed by atoms with E-state index in [1.54, 1.807) is 0 Å². The van der Waals surface area contributed by atoms with Crippen LogP contribution in [0.15, 0.2) is 36.5 Å². The Morgan fingerprint density at radius 2 is 2.10 bits per heavy atom. The molecule has 2 saturated carbocycles. The molecule has 1 aromatic carbocycles. The zero-order valence-corrected chi connectivity index (χ0v) is 12.5. The monoisotopic (exact) mass is 282 g/mol. The van der Waals surface area contributed by atoms with Crippen LogP contribution in [-0.2, 0) is 0 Å². The van der Waals surface area contributed by atoms with Gasteiger partial charge in [-0.1, -0.05) is 18.9 Å². The Hall–Kier alpha value is -1.61. The molecule has 4 rings (SSSR count). The van der Waals surface area contributed by atoms with Gasteiger partial charge in [0.25, 0.3) is 0 Å². The molecule has 21 heavy (non-hydrogen) atoms. The second kappa shape index (κ2) is 4.99. The van der Waals surface area contributed by atoms with Gasteiger partial charge in [0.2, 0.25) is 0 Å². The van der Waals surface area contributed by atoms with Gasteiger partial charge in [-0.05, 0) is 38.1 Å². The number of pyridine rings is 1. The molecule has 0 aliphatic heterocycles. The van der Waals surface area contributed by atoms with Crippen molar-refractivity contribution in [1.29, 1.82) is 0 Å². The molecule has 2 unspecified atom stereocenters. The van der Waals surface area contributed by atoms with Gasteiger partial charge < -0.3 is 10.1 Å². The first-order chi connectivity index (χ1) is 10.3. The number of aromatic nitrogens is 1. The second-order valence-corrected chi connectivity index (χ2v) is 6.48. The Bertz CT molecular complexity index is 648. The first kappa shape index (κ1) is 13.1. The number of nitrogens with one attached hydrogen (secondary N) is 1. The minimum atomic E-state index is 0.360. The highest BCUT2D eigenvalue weighted by molar-refractivity contribution is 5.79. The second-order valence-electron chi connectivity index (χ2n) is 6.48. The lowest BCUT2D eigenvalue weighted by Gasteiger charge is -2.53. The van der Waals surface area contributed by atoms with E-state index in [1.165, 1.54) is 31.1 Å². The summed E-state index contributed by atoms with van der Waals surface area (Å²) in [6, 6.07) is 10.9. The number of ether oxygens (including phenoxy) is 1. The fourth-order valence-electron chi connectivity index (χ4n) is 4.31. The van der Waals surface area contributed by atoms with Gasteiger partial charge in [-0.25, -0.2) is 0 Å². The van der Waals surface area contributed by atoms with Crippen molar-refractivity contribution in [3.63, 3.8) is 0 Å². The van der Waals surface area contributed by atoms with Crippen molar-refractivity contribution in [1.82, 2.24) is 10.3 Å². The molecule has 0 amide bonds. The van der Waals surface area contributed by atoms with Crippen molar-refractivity contribution >= 4 is 10.9 Å². The highest BCUT2D eigenvalue weighted by Crippen LogP contribution is 2.54. The summed E-state index contributed by atoms with van der Waals surface area (Å²) in [7, 11) is 2.08. The van der Waals surface area contributed by atoms with Crippen LogP contribution < -0.4 is 10.1 Å². The van der Waals surface area contributed by atoms with E-state index in [2.05, 4.69) is 41.6 Å². The van der Waals surface area contributed by atoms with Gasteiger partial charge in [0, 0.05) is 35.5 Å². The lowest BCUT2D eigenvalue weighted by Crippen LogP contribution is -2.63. The Morgan fingerprint density at radius 3 is 2.90 bits per heavy atom. The molecule has 2 fully saturated rings. The summed E-state index contributed by atoms with van der Waals surface area (Å²) in [4.78, 5) is 4.42. The van der Waals surface area contributed by atoms with E-state index >= 15 is 0 Å². The zero-order chi connectivity index (χ0) is 14.3. The van der Waals surface area contributed by atoms with Crippen LogP contribution in [0, 0.1) is 5.41 Å². The lowest BCUT2D eigenvalue weighted by molar-refractivity contribution is -0.0735. The number of fused-ring (bicyclic) bond motifs is 1. The van der Waals surface area contributed by atoms with E-state index in [0.717, 1.165) is 17.7 Å². The van der Waals surface area contributed by atoms with Crippen LogP contribution in [0.25, 0.3) is 10.9 Å². The quantitative estimate of drug-likeness (QED) is 0.935. The molecule has 2 aromatic rings. The number of hydrogen-bond acceptors (Lipinski definition) is 3. The van der Waals surface area contributed by atoms with Gasteiger partial charge >= 0.3 is 0 Å². The highest BCUT2D eigenvalue weighted by Gasteiger charge is 2.56. The van der Waals surface area contributed by atoms with E-state index in [4.69, 9.17) is 4.74 Å². The summed E-state index contributed by atoms with van der Waals surface area (Å²) in [5.74, 6) is 0.965. The summed E-state index contributed by atoms with van der Waals surface area (Å²) >= 11 is 0. The van der Waals surface area contributed by atoms with Crippen molar-refractivity contribution in [3.05, 3.63) is 36.5 Å². The number of hydrogen-bond donors (Lipinski definition) is 1. The van der Waals surface area contributed by atoms with Crippen molar-refractivity contribution < 1.29 is 4.74 Å². The van der Waals surface area contributed by atoms with Crippen molar-refractivity contribution in [2.24, 2.45) is 5.41 Å². The Morgan fingerprint density at radius 1 is 1.24 bits per heavy atom. The molecule has 0 radical (unpaired) electrons. The summed E-state index contributed by atoms with van der Waals surface area (Å²) in [6.07, 6.45) is 8.61. The lowest BCUT2D eigenvalue weighted by atomic mass is 9.60. The van der Waals surface area contributed by atoms with Crippen LogP contribution in [-0.4, -0.2) is 24.2 Å². The summed E-state index contributed by atoms with van der Waals surface area (Å²) in [6.45, 7) is 0. The van der Waals surface area contributed by atoms with Gasteiger partial charge in [0.05, 0.1) is 5.52 Å². The molecular weight excluding hydrogens is 260 g/mol. The largest absolute Gasteiger partial charge is 0.490 e. The predicted octanol–water partition coefficient (Wildman–Crippen LogP) is 3.53. The fourth-order valence-corrected chi connectivity index (χ4v) is 4.31. The minimum Gasteiger partial charge on any atom is -0.490 e. The van der Waals surface area contributed by atoms with Crippen molar-refractivity contribution in [3.8, 4) is 5.75 Å². The third-order valence-electron chi connectivity index (χ3n) is 5.52. The molecule has 2 aliphatic rings. The van der Waals surface area contributed by atoms with Gasteiger partial charge in [-0.3, -0.25) is 4.98 Å². The van der Waals surface area contributed by atoms with E-state index in [9.17, 15) is 0 Å². The van der Waals surface area contributed by atoms with Crippen LogP contribution in [0.1, 0.15) is 32.1 Å². The normalized spacial score (nSPS) is 26.9. The van der Waals surface area contributed by atoms with Crippen LogP contribution >= 0.6 is 0 Å². The van der Waals surface area contributed by atoms with E-state index in [-0.39, 0.29) is 0 Å². The van der Waals surface area contributed by atoms with Crippen molar-refractivity contribution in [2.45, 2.75) is 44.2 Å². The van der Waals surface area contributed by atoms with Gasteiger partial charge in [0.15, 0.2) is 0 Å². The average Bonchev–Trinajstić information content (AvgIpc) is 3.03. The van der Waals surface area contributed by atoms with Crippen LogP contribution in [0.4, 0.5) is 0 Å². The first-order valence-electron chi connectivity index (χ1n) is 8.00. The van der Waals surface area contributed by atoms with E-state index in [1.807, 2.05) is 12.3 Å². The Labute approximate surface area is 125 Å². The number of nitrogens with zero attached hydrogens (tertiary/aromatic N) is 1. The average molecular weight is 282 g/mol.